The molecule has 0 atom stereocenters. The van der Waals surface area contributed by atoms with Gasteiger partial charge < -0.3 is 25.9 Å². The van der Waals surface area contributed by atoms with E-state index < -0.39 is 0 Å². The van der Waals surface area contributed by atoms with Crippen molar-refractivity contribution in [1.82, 2.24) is 4.98 Å². The first-order valence-corrected chi connectivity index (χ1v) is 7.96. The molecule has 132 valence electrons. The van der Waals surface area contributed by atoms with E-state index >= 15 is 0 Å². The molecule has 0 bridgehead atoms. The zero-order valence-electron chi connectivity index (χ0n) is 13.9. The van der Waals surface area contributed by atoms with Gasteiger partial charge in [-0.2, -0.15) is 0 Å². The molecule has 1 aromatic heterocycles. The van der Waals surface area contributed by atoms with Gasteiger partial charge in [0.25, 0.3) is 0 Å². The molecular weight excluding hydrogens is 332 g/mol. The van der Waals surface area contributed by atoms with Gasteiger partial charge >= 0.3 is 0 Å². The molecule has 2 heterocycles. The lowest BCUT2D eigenvalue weighted by Gasteiger charge is -2.18. The highest BCUT2D eigenvalue weighted by Crippen LogP contribution is 2.32. The Hall–Kier alpha value is -3.61. The summed E-state index contributed by atoms with van der Waals surface area (Å²) in [6.07, 6.45) is 8.74. The molecule has 26 heavy (non-hydrogen) atoms. The van der Waals surface area contributed by atoms with Crippen molar-refractivity contribution in [3.63, 3.8) is 0 Å². The summed E-state index contributed by atoms with van der Waals surface area (Å²) in [6, 6.07) is 6.97. The van der Waals surface area contributed by atoms with Crippen molar-refractivity contribution in [3.05, 3.63) is 60.1 Å². The number of fused-ring (bicyclic) bond motifs is 1. The zero-order valence-corrected chi connectivity index (χ0v) is 13.9. The zero-order chi connectivity index (χ0) is 18.4. The molecule has 1 aliphatic heterocycles. The first-order valence-electron chi connectivity index (χ1n) is 7.96. The Kier molecular flexibility index (Phi) is 5.28. The van der Waals surface area contributed by atoms with E-state index in [0.29, 0.717) is 41.5 Å². The Morgan fingerprint density at radius 2 is 2.04 bits per heavy atom. The smallest absolute Gasteiger partial charge is 0.248 e. The molecule has 1 aliphatic rings. The van der Waals surface area contributed by atoms with Crippen LogP contribution in [0.1, 0.15) is 11.1 Å². The van der Waals surface area contributed by atoms with Crippen LogP contribution >= 0.6 is 0 Å². The number of hydrogen-bond acceptors (Lipinski definition) is 6. The minimum Gasteiger partial charge on any atom is -0.486 e. The number of pyridine rings is 1. The second kappa shape index (κ2) is 7.98. The number of carbonyl (C=O) groups excluding carboxylic acids is 1. The average Bonchev–Trinajstić information content (AvgIpc) is 2.68. The van der Waals surface area contributed by atoms with Gasteiger partial charge in [-0.15, -0.1) is 0 Å². The van der Waals surface area contributed by atoms with E-state index in [1.165, 1.54) is 12.3 Å². The van der Waals surface area contributed by atoms with Crippen molar-refractivity contribution in [1.29, 1.82) is 5.41 Å². The van der Waals surface area contributed by atoms with Gasteiger partial charge in [-0.25, -0.2) is 0 Å². The molecular formula is C19H18N4O3. The fourth-order valence-corrected chi connectivity index (χ4v) is 2.49. The van der Waals surface area contributed by atoms with Gasteiger partial charge in [0.15, 0.2) is 11.5 Å². The number of rotatable bonds is 5. The van der Waals surface area contributed by atoms with E-state index in [1.807, 2.05) is 0 Å². The fourth-order valence-electron chi connectivity index (χ4n) is 2.49. The maximum Gasteiger partial charge on any atom is 0.248 e. The number of allylic oxidation sites excluding steroid dienone is 1. The van der Waals surface area contributed by atoms with Crippen LogP contribution in [-0.2, 0) is 4.79 Å². The molecule has 0 radical (unpaired) electrons. The number of nitrogens with zero attached hydrogens (tertiary/aromatic N) is 1. The number of anilines is 1. The third-order valence-electron chi connectivity index (χ3n) is 3.72. The third kappa shape index (κ3) is 3.89. The van der Waals surface area contributed by atoms with Crippen LogP contribution in [-0.4, -0.2) is 30.3 Å². The van der Waals surface area contributed by atoms with Crippen LogP contribution in [0.3, 0.4) is 0 Å². The van der Waals surface area contributed by atoms with Crippen LogP contribution in [0.5, 0.6) is 11.5 Å². The van der Waals surface area contributed by atoms with Crippen molar-refractivity contribution in [2.24, 2.45) is 5.73 Å². The molecule has 1 aromatic carbocycles. The van der Waals surface area contributed by atoms with Crippen LogP contribution in [0.25, 0.3) is 11.6 Å². The second-order valence-electron chi connectivity index (χ2n) is 5.41. The molecule has 0 fully saturated rings. The Balaban J connectivity index is 1.74. The van der Waals surface area contributed by atoms with Gasteiger partial charge in [-0.1, -0.05) is 0 Å². The average molecular weight is 350 g/mol. The normalized spacial score (nSPS) is 13.5. The minimum atomic E-state index is -0.301. The topological polar surface area (TPSA) is 110 Å². The van der Waals surface area contributed by atoms with E-state index in [0.717, 1.165) is 11.8 Å². The van der Waals surface area contributed by atoms with E-state index in [4.69, 9.17) is 20.6 Å². The molecule has 3 rings (SSSR count). The lowest BCUT2D eigenvalue weighted by molar-refractivity contribution is -0.111. The van der Waals surface area contributed by atoms with Crippen LogP contribution in [0, 0.1) is 5.41 Å². The minimum absolute atomic E-state index is 0.301. The maximum absolute atomic E-state index is 12.2. The Bertz CT molecular complexity index is 890. The fraction of sp³-hybridized carbons (Fsp3) is 0.105. The van der Waals surface area contributed by atoms with Gasteiger partial charge in [0, 0.05) is 53.8 Å². The summed E-state index contributed by atoms with van der Waals surface area (Å²) in [7, 11) is 0. The molecule has 0 saturated carbocycles. The van der Waals surface area contributed by atoms with Crippen molar-refractivity contribution in [3.8, 4) is 11.5 Å². The SMILES string of the molecule is N=CC(=CN)c1ccncc1/C=C/C(=O)Nc1ccc2c(c1)OCCO2. The predicted octanol–water partition coefficient (Wildman–Crippen LogP) is 2.45. The highest BCUT2D eigenvalue weighted by atomic mass is 16.6. The van der Waals surface area contributed by atoms with Gasteiger partial charge in [0.05, 0.1) is 0 Å². The Labute approximate surface area is 150 Å². The van der Waals surface area contributed by atoms with Crippen molar-refractivity contribution < 1.29 is 14.3 Å². The summed E-state index contributed by atoms with van der Waals surface area (Å²) in [5.74, 6) is 0.971. The highest BCUT2D eigenvalue weighted by molar-refractivity contribution is 6.10. The number of nitrogens with one attached hydrogen (secondary N) is 2. The molecule has 7 heteroatoms. The molecule has 0 aliphatic carbocycles. The summed E-state index contributed by atoms with van der Waals surface area (Å²) < 4.78 is 11.0. The van der Waals surface area contributed by atoms with E-state index in [-0.39, 0.29) is 5.91 Å². The lowest BCUT2D eigenvalue weighted by Crippen LogP contribution is -2.16. The molecule has 4 N–H and O–H groups in total. The summed E-state index contributed by atoms with van der Waals surface area (Å²) in [4.78, 5) is 16.2. The molecule has 1 amide bonds. The molecule has 2 aromatic rings. The number of carbonyl (C=O) groups is 1. The van der Waals surface area contributed by atoms with Gasteiger partial charge in [-0.3, -0.25) is 9.78 Å². The van der Waals surface area contributed by atoms with Gasteiger partial charge in [0.1, 0.15) is 13.2 Å². The maximum atomic E-state index is 12.2. The summed E-state index contributed by atoms with van der Waals surface area (Å²) in [5.41, 5.74) is 8.10. The van der Waals surface area contributed by atoms with Crippen LogP contribution < -0.4 is 20.5 Å². The number of amides is 1. The highest BCUT2D eigenvalue weighted by Gasteiger charge is 2.12. The van der Waals surface area contributed by atoms with Crippen LogP contribution in [0.2, 0.25) is 0 Å². The summed E-state index contributed by atoms with van der Waals surface area (Å²) in [6.45, 7) is 1.00. The molecule has 0 unspecified atom stereocenters. The van der Waals surface area contributed by atoms with E-state index in [1.54, 1.807) is 42.7 Å². The Morgan fingerprint density at radius 1 is 1.23 bits per heavy atom. The molecule has 7 nitrogen and oxygen atoms in total. The van der Waals surface area contributed by atoms with Crippen LogP contribution in [0.15, 0.2) is 48.9 Å². The predicted molar refractivity (Wildman–Crippen MR) is 100 cm³/mol. The van der Waals surface area contributed by atoms with E-state index in [2.05, 4.69) is 10.3 Å². The second-order valence-corrected chi connectivity index (χ2v) is 5.41. The molecule has 0 spiro atoms. The van der Waals surface area contributed by atoms with Crippen molar-refractivity contribution in [2.75, 3.05) is 18.5 Å². The third-order valence-corrected chi connectivity index (χ3v) is 3.72. The van der Waals surface area contributed by atoms with Crippen LogP contribution in [0.4, 0.5) is 5.69 Å². The first-order chi connectivity index (χ1) is 12.7. The van der Waals surface area contributed by atoms with Gasteiger partial charge in [-0.05, 0) is 29.8 Å². The van der Waals surface area contributed by atoms with E-state index in [9.17, 15) is 4.79 Å². The Morgan fingerprint density at radius 3 is 2.81 bits per heavy atom. The number of aromatic nitrogens is 1. The van der Waals surface area contributed by atoms with Crippen molar-refractivity contribution >= 4 is 29.5 Å². The molecule has 0 saturated heterocycles. The number of hydrogen-bond donors (Lipinski definition) is 3. The largest absolute Gasteiger partial charge is 0.486 e. The lowest BCUT2D eigenvalue weighted by atomic mass is 10.0. The number of ether oxygens (including phenoxy) is 2. The van der Waals surface area contributed by atoms with Crippen molar-refractivity contribution in [2.45, 2.75) is 0 Å². The first kappa shape index (κ1) is 17.2. The number of benzene rings is 1. The number of nitrogens with two attached hydrogens (primary N) is 1. The standard InChI is InChI=1S/C19H18N4O3/c20-10-14(11-21)16-5-6-22-12-13(16)1-4-19(24)23-15-2-3-17-18(9-15)26-8-7-25-17/h1-6,9-12,20H,7-8,21H2,(H,23,24)/b4-1+,14-11?,20-10?. The summed E-state index contributed by atoms with van der Waals surface area (Å²) >= 11 is 0. The quantitative estimate of drug-likeness (QED) is 0.567. The van der Waals surface area contributed by atoms with Gasteiger partial charge in [0.2, 0.25) is 5.91 Å². The summed E-state index contributed by atoms with van der Waals surface area (Å²) in [5, 5.41) is 10.2. The monoisotopic (exact) mass is 350 g/mol.